The van der Waals surface area contributed by atoms with Gasteiger partial charge in [0.25, 0.3) is 0 Å². The molecule has 0 atom stereocenters. The third-order valence-corrected chi connectivity index (χ3v) is 2.88. The fourth-order valence-corrected chi connectivity index (χ4v) is 1.86. The van der Waals surface area contributed by atoms with Crippen molar-refractivity contribution in [3.05, 3.63) is 18.3 Å². The zero-order chi connectivity index (χ0) is 10.7. The first-order valence-electron chi connectivity index (χ1n) is 5.42. The van der Waals surface area contributed by atoms with Crippen molar-refractivity contribution in [2.24, 2.45) is 0 Å². The molecule has 0 aromatic carbocycles. The summed E-state index contributed by atoms with van der Waals surface area (Å²) < 4.78 is 0. The summed E-state index contributed by atoms with van der Waals surface area (Å²) in [6.45, 7) is 7.54. The summed E-state index contributed by atoms with van der Waals surface area (Å²) in [5.74, 6) is 1.19. The van der Waals surface area contributed by atoms with Crippen LogP contribution in [-0.4, -0.2) is 47.7 Å². The summed E-state index contributed by atoms with van der Waals surface area (Å²) in [5.41, 5.74) is 0. The zero-order valence-corrected chi connectivity index (χ0v) is 9.06. The number of aromatic nitrogens is 1. The quantitative estimate of drug-likeness (QED) is 0.783. The van der Waals surface area contributed by atoms with Crippen LogP contribution in [0.1, 0.15) is 6.92 Å². The molecule has 1 aromatic heterocycles. The number of hydrogen-bond acceptors (Lipinski definition) is 4. The van der Waals surface area contributed by atoms with Gasteiger partial charge in [-0.15, -0.1) is 0 Å². The Kier molecular flexibility index (Phi) is 3.06. The summed E-state index contributed by atoms with van der Waals surface area (Å²) in [6, 6.07) is 3.56. The van der Waals surface area contributed by atoms with Crippen molar-refractivity contribution in [2.45, 2.75) is 6.92 Å². The normalized spacial score (nSPS) is 18.1. The first kappa shape index (κ1) is 10.2. The predicted octanol–water partition coefficient (Wildman–Crippen LogP) is 0.929. The van der Waals surface area contributed by atoms with Crippen LogP contribution in [0.15, 0.2) is 18.3 Å². The first-order chi connectivity index (χ1) is 7.29. The molecule has 0 unspecified atom stereocenters. The summed E-state index contributed by atoms with van der Waals surface area (Å²) in [4.78, 5) is 8.89. The minimum atomic E-state index is 0.228. The van der Waals surface area contributed by atoms with E-state index >= 15 is 0 Å². The number of likely N-dealkylation sites (N-methyl/N-ethyl adjacent to an activating group) is 1. The Morgan fingerprint density at radius 2 is 2.00 bits per heavy atom. The topological polar surface area (TPSA) is 39.6 Å². The molecule has 0 saturated carbocycles. The minimum Gasteiger partial charge on any atom is -0.506 e. The largest absolute Gasteiger partial charge is 0.506 e. The second-order valence-electron chi connectivity index (χ2n) is 3.80. The number of nitrogens with zero attached hydrogens (tertiary/aromatic N) is 3. The van der Waals surface area contributed by atoms with Gasteiger partial charge in [-0.25, -0.2) is 4.98 Å². The average Bonchev–Trinajstić information content (AvgIpc) is 2.30. The highest BCUT2D eigenvalue weighted by Crippen LogP contribution is 2.15. The van der Waals surface area contributed by atoms with Crippen molar-refractivity contribution in [2.75, 3.05) is 37.6 Å². The Morgan fingerprint density at radius 1 is 1.27 bits per heavy atom. The van der Waals surface area contributed by atoms with Crippen LogP contribution in [0.4, 0.5) is 5.82 Å². The van der Waals surface area contributed by atoms with Crippen LogP contribution in [-0.2, 0) is 0 Å². The van der Waals surface area contributed by atoms with E-state index in [4.69, 9.17) is 5.11 Å². The first-order valence-corrected chi connectivity index (χ1v) is 5.42. The van der Waals surface area contributed by atoms with Gasteiger partial charge in [0, 0.05) is 26.2 Å². The molecule has 1 aliphatic rings. The van der Waals surface area contributed by atoms with Crippen LogP contribution in [0.2, 0.25) is 0 Å². The second-order valence-corrected chi connectivity index (χ2v) is 3.80. The smallest absolute Gasteiger partial charge is 0.134 e. The van der Waals surface area contributed by atoms with Crippen LogP contribution >= 0.6 is 0 Å². The number of anilines is 1. The van der Waals surface area contributed by atoms with Crippen LogP contribution in [0.25, 0.3) is 0 Å². The number of rotatable bonds is 2. The lowest BCUT2D eigenvalue weighted by molar-refractivity contribution is 0.270. The standard InChI is InChI=1S/C11H17N3O/c1-2-13-5-7-14(8-6-13)11-4-3-10(15)9-12-11/h3-4,9,15H,2,5-8H2,1H3. The van der Waals surface area contributed by atoms with E-state index < -0.39 is 0 Å². The second kappa shape index (κ2) is 4.49. The molecule has 0 amide bonds. The SMILES string of the molecule is CCN1CCN(c2ccc(O)cn2)CC1. The predicted molar refractivity (Wildman–Crippen MR) is 60.2 cm³/mol. The van der Waals surface area contributed by atoms with Crippen molar-refractivity contribution >= 4 is 5.82 Å². The number of hydrogen-bond donors (Lipinski definition) is 1. The van der Waals surface area contributed by atoms with E-state index in [1.54, 1.807) is 6.07 Å². The van der Waals surface area contributed by atoms with Crippen LogP contribution in [0.3, 0.4) is 0 Å². The average molecular weight is 207 g/mol. The van der Waals surface area contributed by atoms with Gasteiger partial charge >= 0.3 is 0 Å². The van der Waals surface area contributed by atoms with Gasteiger partial charge < -0.3 is 14.9 Å². The maximum Gasteiger partial charge on any atom is 0.134 e. The van der Waals surface area contributed by atoms with E-state index in [2.05, 4.69) is 21.7 Å². The van der Waals surface area contributed by atoms with Gasteiger partial charge in [-0.1, -0.05) is 6.92 Å². The van der Waals surface area contributed by atoms with E-state index in [0.717, 1.165) is 38.5 Å². The Labute approximate surface area is 90.1 Å². The van der Waals surface area contributed by atoms with E-state index in [9.17, 15) is 0 Å². The van der Waals surface area contributed by atoms with Crippen molar-refractivity contribution in [1.82, 2.24) is 9.88 Å². The van der Waals surface area contributed by atoms with Crippen LogP contribution in [0.5, 0.6) is 5.75 Å². The van der Waals surface area contributed by atoms with Gasteiger partial charge in [0.05, 0.1) is 6.20 Å². The van der Waals surface area contributed by atoms with Gasteiger partial charge in [0.1, 0.15) is 11.6 Å². The van der Waals surface area contributed by atoms with Gasteiger partial charge in [-0.05, 0) is 18.7 Å². The van der Waals surface area contributed by atoms with Crippen LogP contribution in [0, 0.1) is 0 Å². The zero-order valence-electron chi connectivity index (χ0n) is 9.06. The molecule has 15 heavy (non-hydrogen) atoms. The molecule has 1 fully saturated rings. The van der Waals surface area contributed by atoms with Crippen molar-refractivity contribution in [1.29, 1.82) is 0 Å². The maximum absolute atomic E-state index is 9.15. The maximum atomic E-state index is 9.15. The Balaban J connectivity index is 1.98. The highest BCUT2D eigenvalue weighted by atomic mass is 16.3. The van der Waals surface area contributed by atoms with Gasteiger partial charge in [-0.3, -0.25) is 0 Å². The molecule has 82 valence electrons. The summed E-state index contributed by atoms with van der Waals surface area (Å²) >= 11 is 0. The molecule has 2 heterocycles. The Hall–Kier alpha value is -1.29. The lowest BCUT2D eigenvalue weighted by Gasteiger charge is -2.34. The molecule has 1 saturated heterocycles. The number of pyridine rings is 1. The highest BCUT2D eigenvalue weighted by Gasteiger charge is 2.16. The van der Waals surface area contributed by atoms with Crippen LogP contribution < -0.4 is 4.90 Å². The van der Waals surface area contributed by atoms with Gasteiger partial charge in [0.2, 0.25) is 0 Å². The monoisotopic (exact) mass is 207 g/mol. The fourth-order valence-electron chi connectivity index (χ4n) is 1.86. The Morgan fingerprint density at radius 3 is 2.53 bits per heavy atom. The van der Waals surface area contributed by atoms with Crippen molar-refractivity contribution in [3.63, 3.8) is 0 Å². The molecule has 1 aromatic rings. The summed E-state index contributed by atoms with van der Waals surface area (Å²) in [6.07, 6.45) is 1.50. The summed E-state index contributed by atoms with van der Waals surface area (Å²) in [7, 11) is 0. The third-order valence-electron chi connectivity index (χ3n) is 2.88. The third kappa shape index (κ3) is 2.39. The minimum absolute atomic E-state index is 0.228. The molecule has 0 radical (unpaired) electrons. The van der Waals surface area contributed by atoms with Crippen molar-refractivity contribution in [3.8, 4) is 5.75 Å². The van der Waals surface area contributed by atoms with Gasteiger partial charge in [-0.2, -0.15) is 0 Å². The highest BCUT2D eigenvalue weighted by molar-refractivity contribution is 5.40. The molecule has 4 nitrogen and oxygen atoms in total. The molecule has 2 rings (SSSR count). The van der Waals surface area contributed by atoms with E-state index in [1.807, 2.05) is 6.07 Å². The fraction of sp³-hybridized carbons (Fsp3) is 0.545. The van der Waals surface area contributed by atoms with Gasteiger partial charge in [0.15, 0.2) is 0 Å². The van der Waals surface area contributed by atoms with E-state index in [-0.39, 0.29) is 5.75 Å². The van der Waals surface area contributed by atoms with E-state index in [0.29, 0.717) is 0 Å². The van der Waals surface area contributed by atoms with Crippen molar-refractivity contribution < 1.29 is 5.11 Å². The lowest BCUT2D eigenvalue weighted by Crippen LogP contribution is -2.46. The molecule has 4 heteroatoms. The molecule has 0 aliphatic carbocycles. The molecule has 1 N–H and O–H groups in total. The molecular weight excluding hydrogens is 190 g/mol. The number of aromatic hydroxyl groups is 1. The number of piperazine rings is 1. The molecule has 1 aliphatic heterocycles. The molecule has 0 bridgehead atoms. The molecule has 0 spiro atoms. The van der Waals surface area contributed by atoms with E-state index in [1.165, 1.54) is 6.20 Å². The lowest BCUT2D eigenvalue weighted by atomic mass is 10.3. The molecular formula is C11H17N3O. The summed E-state index contributed by atoms with van der Waals surface area (Å²) in [5, 5.41) is 9.15. The Bertz CT molecular complexity index is 304.